The third kappa shape index (κ3) is 1.04. The first-order valence-corrected chi connectivity index (χ1v) is 2.10. The molecule has 0 aliphatic carbocycles. The van der Waals surface area contributed by atoms with Crippen LogP contribution in [-0.2, 0) is 0 Å². The number of aromatic amines is 2. The molecule has 0 saturated carbocycles. The maximum atomic E-state index is 12.2. The van der Waals surface area contributed by atoms with Crippen molar-refractivity contribution in [1.29, 1.82) is 0 Å². The Labute approximate surface area is 49.8 Å². The van der Waals surface area contributed by atoms with Crippen LogP contribution < -0.4 is 11.2 Å². The highest BCUT2D eigenvalue weighted by Crippen LogP contribution is 1.74. The van der Waals surface area contributed by atoms with E-state index in [0.29, 0.717) is 0 Å². The van der Waals surface area contributed by atoms with E-state index >= 15 is 0 Å². The molecule has 0 amide bonds. The lowest BCUT2D eigenvalue weighted by atomic mass is 10.6. The van der Waals surface area contributed by atoms with Gasteiger partial charge in [0.1, 0.15) is 0 Å². The van der Waals surface area contributed by atoms with Gasteiger partial charge < -0.3 is 4.98 Å². The van der Waals surface area contributed by atoms with Crippen LogP contribution in [0.1, 0.15) is 1.37 Å². The molecule has 0 spiro atoms. The molecule has 0 radical (unpaired) electrons. The molecule has 0 aromatic carbocycles. The van der Waals surface area contributed by atoms with Crippen LogP contribution in [0.3, 0.4) is 0 Å². The summed E-state index contributed by atoms with van der Waals surface area (Å²) in [5.41, 5.74) is -2.05. The topological polar surface area (TPSA) is 65.7 Å². The molecule has 0 aliphatic heterocycles. The van der Waals surface area contributed by atoms with E-state index in [-0.39, 0.29) is 0 Å². The molecule has 48 valence electrons. The maximum Gasteiger partial charge on any atom is 0.325 e. The average Bonchev–Trinajstić information content (AvgIpc) is 1.82. The Balaban J connectivity index is 3.62. The van der Waals surface area contributed by atoms with Gasteiger partial charge >= 0.3 is 5.69 Å². The van der Waals surface area contributed by atoms with Crippen molar-refractivity contribution in [2.75, 3.05) is 0 Å². The fourth-order valence-electron chi connectivity index (χ4n) is 0.358. The van der Waals surface area contributed by atoms with Crippen molar-refractivity contribution < 1.29 is 5.76 Å². The number of halogens is 1. The van der Waals surface area contributed by atoms with Gasteiger partial charge in [-0.05, 0) is 0 Å². The van der Waals surface area contributed by atoms with Gasteiger partial charge in [-0.2, -0.15) is 4.39 Å². The minimum Gasteiger partial charge on any atom is -0.311 e. The van der Waals surface area contributed by atoms with Crippen molar-refractivity contribution >= 4 is 0 Å². The van der Waals surface area contributed by atoms with Crippen molar-refractivity contribution in [2.24, 2.45) is 0 Å². The highest BCUT2D eigenvalue weighted by atomic mass is 19.1. The number of rotatable bonds is 0. The molecule has 0 fully saturated rings. The summed E-state index contributed by atoms with van der Waals surface area (Å²) < 4.78 is 18.9. The van der Waals surface area contributed by atoms with Gasteiger partial charge in [-0.3, -0.25) is 9.78 Å². The first kappa shape index (κ1) is 4.49. The average molecular weight is 132 g/mol. The molecule has 0 saturated heterocycles. The van der Waals surface area contributed by atoms with Crippen molar-refractivity contribution in [3.63, 3.8) is 0 Å². The first-order chi connectivity index (χ1) is 4.61. The van der Waals surface area contributed by atoms with Crippen molar-refractivity contribution in [3.8, 4) is 0 Å². The summed E-state index contributed by atoms with van der Waals surface area (Å²) in [6, 6.07) is 0. The Kier molecular flexibility index (Phi) is 0.921. The van der Waals surface area contributed by atoms with Crippen LogP contribution in [0.2, 0.25) is 0 Å². The second kappa shape index (κ2) is 1.85. The number of H-pyrrole nitrogens is 2. The summed E-state index contributed by atoms with van der Waals surface area (Å²) in [6.45, 7) is 0. The summed E-state index contributed by atoms with van der Waals surface area (Å²) >= 11 is 0. The fraction of sp³-hybridized carbons (Fsp3) is 0. The summed E-state index contributed by atoms with van der Waals surface area (Å²) in [4.78, 5) is 23.9. The van der Waals surface area contributed by atoms with E-state index in [1.807, 2.05) is 0 Å². The number of hydrogen-bond donors (Lipinski definition) is 2. The van der Waals surface area contributed by atoms with E-state index in [2.05, 4.69) is 0 Å². The van der Waals surface area contributed by atoms with Crippen LogP contribution in [0.5, 0.6) is 0 Å². The van der Waals surface area contributed by atoms with E-state index in [1.54, 1.807) is 9.97 Å². The van der Waals surface area contributed by atoms with E-state index < -0.39 is 23.2 Å². The van der Waals surface area contributed by atoms with E-state index in [4.69, 9.17) is 1.37 Å². The number of nitrogens with one attached hydrogen (secondary N) is 2. The molecule has 9 heavy (non-hydrogen) atoms. The molecule has 1 aromatic heterocycles. The van der Waals surface area contributed by atoms with Gasteiger partial charge in [-0.15, -0.1) is 0 Å². The summed E-state index contributed by atoms with van der Waals surface area (Å²) in [7, 11) is 0. The summed E-state index contributed by atoms with van der Waals surface area (Å²) in [5, 5.41) is 0. The molecule has 5 heteroatoms. The first-order valence-electron chi connectivity index (χ1n) is 2.60. The standard InChI is InChI=1S/C4H3FN2O2/c5-2-1-6-4(9)7-3(2)8/h1H,(H2,6,7,8,9)/i1T. The zero-order valence-corrected chi connectivity index (χ0v) is 4.19. The summed E-state index contributed by atoms with van der Waals surface area (Å²) in [5.74, 6) is -1.28. The number of hydrogen-bond acceptors (Lipinski definition) is 2. The molecule has 0 atom stereocenters. The minimum atomic E-state index is -1.28. The quantitative estimate of drug-likeness (QED) is 0.485. The lowest BCUT2D eigenvalue weighted by molar-refractivity contribution is 0.597. The molecule has 1 rings (SSSR count). The molecule has 1 heterocycles. The Hall–Kier alpha value is -1.39. The van der Waals surface area contributed by atoms with Crippen LogP contribution in [-0.4, -0.2) is 9.97 Å². The minimum absolute atomic E-state index is 0.797. The molecule has 4 nitrogen and oxygen atoms in total. The molecular weight excluding hydrogens is 127 g/mol. The van der Waals surface area contributed by atoms with Crippen LogP contribution in [0.4, 0.5) is 4.39 Å². The van der Waals surface area contributed by atoms with Gasteiger partial charge in [0.25, 0.3) is 5.56 Å². The second-order valence-electron chi connectivity index (χ2n) is 1.35. The Morgan fingerprint density at radius 3 is 2.89 bits per heavy atom. The zero-order chi connectivity index (χ0) is 7.72. The normalized spacial score (nSPS) is 11.0. The van der Waals surface area contributed by atoms with Gasteiger partial charge in [0.2, 0.25) is 5.82 Å². The molecule has 0 bridgehead atoms. The van der Waals surface area contributed by atoms with Gasteiger partial charge in [-0.1, -0.05) is 0 Å². The fourth-order valence-corrected chi connectivity index (χ4v) is 0.358. The predicted molar refractivity (Wildman–Crippen MR) is 27.6 cm³/mol. The zero-order valence-electron chi connectivity index (χ0n) is 5.19. The summed E-state index contributed by atoms with van der Waals surface area (Å²) in [6.07, 6.45) is -0.797. The van der Waals surface area contributed by atoms with Crippen LogP contribution >= 0.6 is 0 Å². The highest BCUT2D eigenvalue weighted by Gasteiger charge is 1.93. The molecular formula is C4H3FN2O2. The third-order valence-electron chi connectivity index (χ3n) is 0.712. The lowest BCUT2D eigenvalue weighted by Crippen LogP contribution is -2.23. The van der Waals surface area contributed by atoms with Crippen molar-refractivity contribution in [2.45, 2.75) is 0 Å². The van der Waals surface area contributed by atoms with Crippen LogP contribution in [0.25, 0.3) is 0 Å². The second-order valence-corrected chi connectivity index (χ2v) is 1.35. The smallest absolute Gasteiger partial charge is 0.311 e. The predicted octanol–water partition coefficient (Wildman–Crippen LogP) is -0.798. The van der Waals surface area contributed by atoms with Gasteiger partial charge in [0, 0.05) is 6.17 Å². The highest BCUT2D eigenvalue weighted by molar-refractivity contribution is 4.83. The molecule has 1 aromatic rings. The number of aromatic nitrogens is 2. The largest absolute Gasteiger partial charge is 0.325 e. The third-order valence-corrected chi connectivity index (χ3v) is 0.712. The van der Waals surface area contributed by atoms with Crippen LogP contribution in [0.15, 0.2) is 15.8 Å². The maximum absolute atomic E-state index is 12.2. The van der Waals surface area contributed by atoms with Gasteiger partial charge in [0.15, 0.2) is 0 Å². The SMILES string of the molecule is [3H]c1[nH]c(=O)[nH]c(=O)c1F. The molecule has 0 unspecified atom stereocenters. The monoisotopic (exact) mass is 132 g/mol. The van der Waals surface area contributed by atoms with E-state index in [1.165, 1.54) is 0 Å². The van der Waals surface area contributed by atoms with E-state index in [0.717, 1.165) is 0 Å². The van der Waals surface area contributed by atoms with Crippen LogP contribution in [0, 0.1) is 5.82 Å². The Morgan fingerprint density at radius 1 is 1.67 bits per heavy atom. The Morgan fingerprint density at radius 2 is 2.33 bits per heavy atom. The molecule has 0 aliphatic rings. The van der Waals surface area contributed by atoms with Gasteiger partial charge in [-0.25, -0.2) is 4.79 Å². The lowest BCUT2D eigenvalue weighted by Gasteiger charge is -1.81. The van der Waals surface area contributed by atoms with E-state index in [9.17, 15) is 14.0 Å². The Bertz CT molecular complexity index is 355. The molecule has 2 N–H and O–H groups in total. The van der Waals surface area contributed by atoms with Crippen molar-refractivity contribution in [3.05, 3.63) is 32.8 Å². The van der Waals surface area contributed by atoms with Crippen molar-refractivity contribution in [1.82, 2.24) is 9.97 Å². The van der Waals surface area contributed by atoms with Gasteiger partial charge in [0.05, 0.1) is 1.37 Å².